The predicted molar refractivity (Wildman–Crippen MR) is 83.9 cm³/mol. The van der Waals surface area contributed by atoms with Crippen molar-refractivity contribution in [2.24, 2.45) is 0 Å². The first-order valence-electron chi connectivity index (χ1n) is 7.76. The van der Waals surface area contributed by atoms with Gasteiger partial charge >= 0.3 is 0 Å². The fourth-order valence-electron chi connectivity index (χ4n) is 3.18. The van der Waals surface area contributed by atoms with Gasteiger partial charge in [0.15, 0.2) is 0 Å². The van der Waals surface area contributed by atoms with Crippen LogP contribution < -0.4 is 0 Å². The van der Waals surface area contributed by atoms with Crippen LogP contribution in [0, 0.1) is 5.82 Å². The van der Waals surface area contributed by atoms with Crippen molar-refractivity contribution in [2.75, 3.05) is 39.4 Å². The molecule has 126 valence electrons. The molecular formula is C16H20ClFN2O3. The first-order chi connectivity index (χ1) is 11.0. The lowest BCUT2D eigenvalue weighted by Crippen LogP contribution is -2.49. The summed E-state index contributed by atoms with van der Waals surface area (Å²) in [6.07, 6.45) is -0.392. The normalized spacial score (nSPS) is 25.8. The van der Waals surface area contributed by atoms with Gasteiger partial charge in [0.2, 0.25) is 5.91 Å². The van der Waals surface area contributed by atoms with Crippen molar-refractivity contribution in [2.45, 2.75) is 18.6 Å². The first kappa shape index (κ1) is 16.6. The average molecular weight is 343 g/mol. The molecule has 1 aromatic rings. The summed E-state index contributed by atoms with van der Waals surface area (Å²) in [6.45, 7) is 3.70. The maximum Gasteiger partial charge on any atom is 0.227 e. The van der Waals surface area contributed by atoms with Crippen molar-refractivity contribution in [3.63, 3.8) is 0 Å². The van der Waals surface area contributed by atoms with Crippen LogP contribution in [0.25, 0.3) is 0 Å². The van der Waals surface area contributed by atoms with Crippen LogP contribution in [0.15, 0.2) is 18.2 Å². The maximum absolute atomic E-state index is 13.2. The minimum Gasteiger partial charge on any atom is -0.390 e. The summed E-state index contributed by atoms with van der Waals surface area (Å²) in [7, 11) is 0. The number of likely N-dealkylation sites (tertiary alicyclic amines) is 1. The van der Waals surface area contributed by atoms with Gasteiger partial charge in [-0.05, 0) is 17.7 Å². The number of nitrogens with zero attached hydrogens (tertiary/aromatic N) is 2. The topological polar surface area (TPSA) is 53.0 Å². The van der Waals surface area contributed by atoms with Gasteiger partial charge in [-0.1, -0.05) is 17.7 Å². The molecule has 1 aromatic carbocycles. The quantitative estimate of drug-likeness (QED) is 0.887. The van der Waals surface area contributed by atoms with Crippen molar-refractivity contribution in [3.05, 3.63) is 34.6 Å². The highest BCUT2D eigenvalue weighted by Gasteiger charge is 2.37. The summed E-state index contributed by atoms with van der Waals surface area (Å²) in [5, 5.41) is 10.3. The van der Waals surface area contributed by atoms with E-state index in [-0.39, 0.29) is 23.4 Å². The monoisotopic (exact) mass is 342 g/mol. The Hall–Kier alpha value is -1.21. The van der Waals surface area contributed by atoms with Crippen LogP contribution in [0.5, 0.6) is 0 Å². The molecule has 1 N–H and O–H groups in total. The van der Waals surface area contributed by atoms with Crippen molar-refractivity contribution in [1.29, 1.82) is 0 Å². The molecule has 0 aliphatic carbocycles. The molecule has 2 saturated heterocycles. The van der Waals surface area contributed by atoms with Crippen LogP contribution in [0.3, 0.4) is 0 Å². The van der Waals surface area contributed by atoms with Crippen LogP contribution in [0.1, 0.15) is 5.56 Å². The van der Waals surface area contributed by atoms with Gasteiger partial charge in [-0.15, -0.1) is 0 Å². The Kier molecular flexibility index (Phi) is 5.16. The predicted octanol–water partition coefficient (Wildman–Crippen LogP) is 0.925. The van der Waals surface area contributed by atoms with Crippen molar-refractivity contribution in [3.8, 4) is 0 Å². The molecule has 2 fully saturated rings. The van der Waals surface area contributed by atoms with Gasteiger partial charge < -0.3 is 14.7 Å². The Balaban J connectivity index is 1.60. The zero-order valence-corrected chi connectivity index (χ0v) is 13.5. The Morgan fingerprint density at radius 1 is 1.35 bits per heavy atom. The number of aliphatic hydroxyl groups excluding tert-OH is 1. The third kappa shape index (κ3) is 3.83. The van der Waals surface area contributed by atoms with Gasteiger partial charge in [0.05, 0.1) is 36.8 Å². The lowest BCUT2D eigenvalue weighted by Gasteiger charge is -2.33. The number of carbonyl (C=O) groups excluding carboxylic acids is 1. The Labute approximate surface area is 139 Å². The highest BCUT2D eigenvalue weighted by molar-refractivity contribution is 6.30. The van der Waals surface area contributed by atoms with E-state index in [0.29, 0.717) is 31.9 Å². The van der Waals surface area contributed by atoms with Crippen LogP contribution >= 0.6 is 11.6 Å². The highest BCUT2D eigenvalue weighted by Crippen LogP contribution is 2.20. The second kappa shape index (κ2) is 7.13. The molecule has 7 heteroatoms. The minimum absolute atomic E-state index is 0.0166. The highest BCUT2D eigenvalue weighted by atomic mass is 35.5. The smallest absolute Gasteiger partial charge is 0.227 e. The van der Waals surface area contributed by atoms with Crippen LogP contribution in [-0.2, 0) is 16.0 Å². The molecule has 2 atom stereocenters. The van der Waals surface area contributed by atoms with Gasteiger partial charge in [-0.25, -0.2) is 4.39 Å². The molecule has 3 rings (SSSR count). The number of amides is 1. The number of hydrogen-bond acceptors (Lipinski definition) is 4. The van der Waals surface area contributed by atoms with E-state index in [1.165, 1.54) is 12.1 Å². The number of β-amino-alcohol motifs (C(OH)–C–C–N with tert-alkyl or cyclic N) is 1. The van der Waals surface area contributed by atoms with Gasteiger partial charge in [0, 0.05) is 26.2 Å². The summed E-state index contributed by atoms with van der Waals surface area (Å²) < 4.78 is 18.5. The number of carbonyl (C=O) groups is 1. The summed E-state index contributed by atoms with van der Waals surface area (Å²) in [4.78, 5) is 16.3. The third-order valence-electron chi connectivity index (χ3n) is 4.47. The van der Waals surface area contributed by atoms with Gasteiger partial charge in [-0.3, -0.25) is 9.69 Å². The number of hydrogen-bond donors (Lipinski definition) is 1. The molecule has 0 spiro atoms. The van der Waals surface area contributed by atoms with E-state index >= 15 is 0 Å². The van der Waals surface area contributed by atoms with Crippen LogP contribution in [0.4, 0.5) is 4.39 Å². The Bertz CT molecular complexity index is 580. The zero-order chi connectivity index (χ0) is 16.4. The summed E-state index contributed by atoms with van der Waals surface area (Å²) >= 11 is 5.75. The Morgan fingerprint density at radius 2 is 2.09 bits per heavy atom. The first-order valence-corrected chi connectivity index (χ1v) is 8.14. The SMILES string of the molecule is O=C(Cc1ccc(F)c(Cl)c1)N1C[C@@H](O)[C@H](N2CCOCC2)C1. The van der Waals surface area contributed by atoms with Gasteiger partial charge in [0.1, 0.15) is 5.82 Å². The molecule has 1 amide bonds. The molecule has 2 aliphatic heterocycles. The van der Waals surface area contributed by atoms with E-state index < -0.39 is 11.9 Å². The van der Waals surface area contributed by atoms with E-state index in [4.69, 9.17) is 16.3 Å². The van der Waals surface area contributed by atoms with Crippen LogP contribution in [-0.4, -0.2) is 72.4 Å². The Morgan fingerprint density at radius 3 is 2.78 bits per heavy atom. The fraction of sp³-hybridized carbons (Fsp3) is 0.562. The molecule has 5 nitrogen and oxygen atoms in total. The van der Waals surface area contributed by atoms with Crippen molar-refractivity contribution in [1.82, 2.24) is 9.80 Å². The number of ether oxygens (including phenoxy) is 1. The van der Waals surface area contributed by atoms with Gasteiger partial charge in [-0.2, -0.15) is 0 Å². The number of morpholine rings is 1. The summed E-state index contributed by atoms with van der Waals surface area (Å²) in [5.41, 5.74) is 0.672. The fourth-order valence-corrected chi connectivity index (χ4v) is 3.38. The summed E-state index contributed by atoms with van der Waals surface area (Å²) in [6, 6.07) is 4.26. The molecule has 0 aromatic heterocycles. The molecule has 0 saturated carbocycles. The van der Waals surface area contributed by atoms with E-state index in [1.54, 1.807) is 11.0 Å². The third-order valence-corrected chi connectivity index (χ3v) is 4.76. The van der Waals surface area contributed by atoms with E-state index in [9.17, 15) is 14.3 Å². The van der Waals surface area contributed by atoms with Gasteiger partial charge in [0.25, 0.3) is 0 Å². The number of aliphatic hydroxyl groups is 1. The van der Waals surface area contributed by atoms with Crippen molar-refractivity contribution >= 4 is 17.5 Å². The number of halogens is 2. The van der Waals surface area contributed by atoms with E-state index in [2.05, 4.69) is 4.90 Å². The lowest BCUT2D eigenvalue weighted by molar-refractivity contribution is -0.129. The number of benzene rings is 1. The molecule has 2 aliphatic rings. The van der Waals surface area contributed by atoms with E-state index in [1.807, 2.05) is 0 Å². The largest absolute Gasteiger partial charge is 0.390 e. The average Bonchev–Trinajstić information content (AvgIpc) is 2.94. The molecule has 23 heavy (non-hydrogen) atoms. The van der Waals surface area contributed by atoms with Crippen molar-refractivity contribution < 1.29 is 19.0 Å². The second-order valence-corrected chi connectivity index (χ2v) is 6.41. The van der Waals surface area contributed by atoms with Crippen LogP contribution in [0.2, 0.25) is 5.02 Å². The van der Waals surface area contributed by atoms with E-state index in [0.717, 1.165) is 13.1 Å². The molecular weight excluding hydrogens is 323 g/mol. The maximum atomic E-state index is 13.2. The second-order valence-electron chi connectivity index (χ2n) is 6.01. The lowest BCUT2D eigenvalue weighted by atomic mass is 10.1. The summed E-state index contributed by atoms with van der Waals surface area (Å²) in [5.74, 6) is -0.575. The number of rotatable bonds is 3. The zero-order valence-electron chi connectivity index (χ0n) is 12.8. The standard InChI is InChI=1S/C16H20ClFN2O3/c17-12-7-11(1-2-13(12)18)8-16(22)20-9-14(15(21)10-20)19-3-5-23-6-4-19/h1-2,7,14-15,21H,3-6,8-10H2/t14-,15-/m1/s1. The molecule has 0 radical (unpaired) electrons. The molecule has 0 bridgehead atoms. The molecule has 2 heterocycles. The minimum atomic E-state index is -0.547. The molecule has 0 unspecified atom stereocenters.